The molecule has 1 atom stereocenters. The van der Waals surface area contributed by atoms with Crippen LogP contribution in [0.4, 0.5) is 0 Å². The van der Waals surface area contributed by atoms with Gasteiger partial charge in [-0.05, 0) is 62.4 Å². The van der Waals surface area contributed by atoms with Crippen molar-refractivity contribution in [2.24, 2.45) is 5.41 Å². The second-order valence-corrected chi connectivity index (χ2v) is 6.64. The Kier molecular flexibility index (Phi) is 5.50. The molecule has 2 aromatic rings. The van der Waals surface area contributed by atoms with E-state index in [1.165, 1.54) is 6.07 Å². The van der Waals surface area contributed by atoms with Gasteiger partial charge in [0.15, 0.2) is 11.5 Å². The Labute approximate surface area is 142 Å². The monoisotopic (exact) mass is 328 g/mol. The van der Waals surface area contributed by atoms with Crippen molar-refractivity contribution in [3.8, 4) is 17.2 Å². The van der Waals surface area contributed by atoms with Crippen LogP contribution in [-0.2, 0) is 4.79 Å². The lowest BCUT2D eigenvalue weighted by molar-refractivity contribution is -0.144. The van der Waals surface area contributed by atoms with Gasteiger partial charge in [0, 0.05) is 0 Å². The third kappa shape index (κ3) is 4.28. The van der Waals surface area contributed by atoms with Crippen molar-refractivity contribution in [2.75, 3.05) is 0 Å². The molecule has 2 N–H and O–H groups in total. The number of para-hydroxylation sites is 1. The van der Waals surface area contributed by atoms with Crippen molar-refractivity contribution in [1.29, 1.82) is 0 Å². The molecule has 2 aromatic carbocycles. The van der Waals surface area contributed by atoms with E-state index in [1.54, 1.807) is 24.3 Å². The maximum absolute atomic E-state index is 12.5. The van der Waals surface area contributed by atoms with Gasteiger partial charge in [-0.1, -0.05) is 31.2 Å². The fourth-order valence-corrected chi connectivity index (χ4v) is 2.73. The molecule has 4 nitrogen and oxygen atoms in total. The zero-order chi connectivity index (χ0) is 17.7. The average Bonchev–Trinajstić information content (AvgIpc) is 2.56. The van der Waals surface area contributed by atoms with E-state index in [9.17, 15) is 15.0 Å². The summed E-state index contributed by atoms with van der Waals surface area (Å²) in [7, 11) is 0. The SMILES string of the molecule is CCC(CC(C)(C)C(=O)Oc1ccccc1)c1ccc(O)c(O)c1. The van der Waals surface area contributed by atoms with Crippen molar-refractivity contribution in [3.05, 3.63) is 54.1 Å². The number of carbonyl (C=O) groups is 1. The standard InChI is InChI=1S/C20H24O4/c1-4-14(15-10-11-17(21)18(22)12-15)13-20(2,3)19(23)24-16-8-6-5-7-9-16/h5-12,14,21-22H,4,13H2,1-3H3. The van der Waals surface area contributed by atoms with Gasteiger partial charge in [0.25, 0.3) is 0 Å². The Morgan fingerprint density at radius 2 is 1.75 bits per heavy atom. The van der Waals surface area contributed by atoms with Gasteiger partial charge in [0.2, 0.25) is 0 Å². The highest BCUT2D eigenvalue weighted by Gasteiger charge is 2.33. The molecule has 2 rings (SSSR count). The molecule has 0 saturated carbocycles. The molecule has 0 heterocycles. The first-order valence-electron chi connectivity index (χ1n) is 8.12. The number of aromatic hydroxyl groups is 2. The van der Waals surface area contributed by atoms with Crippen LogP contribution < -0.4 is 4.74 Å². The maximum atomic E-state index is 12.5. The minimum atomic E-state index is -0.677. The number of benzene rings is 2. The fraction of sp³-hybridized carbons (Fsp3) is 0.350. The summed E-state index contributed by atoms with van der Waals surface area (Å²) in [5.74, 6) is 0.0443. The second-order valence-electron chi connectivity index (χ2n) is 6.64. The smallest absolute Gasteiger partial charge is 0.316 e. The van der Waals surface area contributed by atoms with Gasteiger partial charge in [-0.15, -0.1) is 0 Å². The highest BCUT2D eigenvalue weighted by Crippen LogP contribution is 2.37. The highest BCUT2D eigenvalue weighted by molar-refractivity contribution is 5.78. The summed E-state index contributed by atoms with van der Waals surface area (Å²) in [4.78, 5) is 12.5. The first-order chi connectivity index (χ1) is 11.3. The van der Waals surface area contributed by atoms with Gasteiger partial charge < -0.3 is 14.9 Å². The summed E-state index contributed by atoms with van der Waals surface area (Å²) in [5, 5.41) is 19.2. The molecule has 1 unspecified atom stereocenters. The quantitative estimate of drug-likeness (QED) is 0.461. The van der Waals surface area contributed by atoms with Crippen LogP contribution >= 0.6 is 0 Å². The van der Waals surface area contributed by atoms with Crippen molar-refractivity contribution < 1.29 is 19.7 Å². The normalized spacial score (nSPS) is 12.6. The van der Waals surface area contributed by atoms with Crippen molar-refractivity contribution in [3.63, 3.8) is 0 Å². The Morgan fingerprint density at radius 3 is 2.33 bits per heavy atom. The number of ether oxygens (including phenoxy) is 1. The van der Waals surface area contributed by atoms with Crippen LogP contribution in [0.1, 0.15) is 45.1 Å². The lowest BCUT2D eigenvalue weighted by Crippen LogP contribution is -2.30. The van der Waals surface area contributed by atoms with E-state index in [2.05, 4.69) is 0 Å². The van der Waals surface area contributed by atoms with Gasteiger partial charge in [-0.2, -0.15) is 0 Å². The molecule has 24 heavy (non-hydrogen) atoms. The molecule has 0 aromatic heterocycles. The van der Waals surface area contributed by atoms with Crippen molar-refractivity contribution >= 4 is 5.97 Å². The molecule has 0 aliphatic heterocycles. The molecule has 0 aliphatic carbocycles. The topological polar surface area (TPSA) is 66.8 Å². The largest absolute Gasteiger partial charge is 0.504 e. The highest BCUT2D eigenvalue weighted by atomic mass is 16.5. The fourth-order valence-electron chi connectivity index (χ4n) is 2.73. The molecule has 0 fully saturated rings. The van der Waals surface area contributed by atoms with Crippen molar-refractivity contribution in [1.82, 2.24) is 0 Å². The summed E-state index contributed by atoms with van der Waals surface area (Å²) >= 11 is 0. The van der Waals surface area contributed by atoms with Gasteiger partial charge in [0.05, 0.1) is 5.41 Å². The Hall–Kier alpha value is -2.49. The molecule has 0 spiro atoms. The second kappa shape index (κ2) is 7.39. The van der Waals surface area contributed by atoms with Crippen LogP contribution in [0.3, 0.4) is 0 Å². The van der Waals surface area contributed by atoms with Crippen LogP contribution in [0.5, 0.6) is 17.2 Å². The van der Waals surface area contributed by atoms with E-state index in [0.29, 0.717) is 12.2 Å². The van der Waals surface area contributed by atoms with Crippen LogP contribution in [0.2, 0.25) is 0 Å². The number of hydrogen-bond acceptors (Lipinski definition) is 4. The van der Waals surface area contributed by atoms with Gasteiger partial charge in [-0.25, -0.2) is 0 Å². The van der Waals surface area contributed by atoms with E-state index >= 15 is 0 Å². The number of carbonyl (C=O) groups excluding carboxylic acids is 1. The molecule has 4 heteroatoms. The van der Waals surface area contributed by atoms with Crippen LogP contribution in [0, 0.1) is 5.41 Å². The van der Waals surface area contributed by atoms with Gasteiger partial charge in [0.1, 0.15) is 5.75 Å². The summed E-state index contributed by atoms with van der Waals surface area (Å²) in [6, 6.07) is 13.8. The molecule has 0 bridgehead atoms. The molecular weight excluding hydrogens is 304 g/mol. The number of hydrogen-bond donors (Lipinski definition) is 2. The maximum Gasteiger partial charge on any atom is 0.316 e. The summed E-state index contributed by atoms with van der Waals surface area (Å²) < 4.78 is 5.47. The lowest BCUT2D eigenvalue weighted by Gasteiger charge is -2.27. The predicted octanol–water partition coefficient (Wildman–Crippen LogP) is 4.61. The molecular formula is C20H24O4. The Balaban J connectivity index is 2.12. The number of rotatable bonds is 6. The summed E-state index contributed by atoms with van der Waals surface area (Å²) in [6.45, 7) is 5.76. The molecule has 0 radical (unpaired) electrons. The lowest BCUT2D eigenvalue weighted by atomic mass is 9.78. The minimum Gasteiger partial charge on any atom is -0.504 e. The Bertz CT molecular complexity index is 692. The summed E-state index contributed by atoms with van der Waals surface area (Å²) in [6.07, 6.45) is 1.39. The molecule has 0 aliphatic rings. The van der Waals surface area contributed by atoms with Crippen LogP contribution in [-0.4, -0.2) is 16.2 Å². The molecule has 0 saturated heterocycles. The third-order valence-electron chi connectivity index (χ3n) is 4.23. The van der Waals surface area contributed by atoms with E-state index in [1.807, 2.05) is 39.0 Å². The predicted molar refractivity (Wildman–Crippen MR) is 93.3 cm³/mol. The van der Waals surface area contributed by atoms with Gasteiger partial charge in [-0.3, -0.25) is 4.79 Å². The zero-order valence-corrected chi connectivity index (χ0v) is 14.3. The van der Waals surface area contributed by atoms with E-state index in [-0.39, 0.29) is 23.4 Å². The number of phenols is 2. The third-order valence-corrected chi connectivity index (χ3v) is 4.23. The number of esters is 1. The first-order valence-corrected chi connectivity index (χ1v) is 8.12. The van der Waals surface area contributed by atoms with Gasteiger partial charge >= 0.3 is 5.97 Å². The number of phenolic OH excluding ortho intramolecular Hbond substituents is 2. The van der Waals surface area contributed by atoms with E-state index in [0.717, 1.165) is 12.0 Å². The average molecular weight is 328 g/mol. The summed E-state index contributed by atoms with van der Waals surface area (Å²) in [5.41, 5.74) is 0.220. The first kappa shape index (κ1) is 17.9. The molecule has 0 amide bonds. The Morgan fingerprint density at radius 1 is 1.08 bits per heavy atom. The minimum absolute atomic E-state index is 0.0785. The molecule has 128 valence electrons. The van der Waals surface area contributed by atoms with Crippen LogP contribution in [0.25, 0.3) is 0 Å². The van der Waals surface area contributed by atoms with E-state index in [4.69, 9.17) is 4.74 Å². The van der Waals surface area contributed by atoms with Crippen LogP contribution in [0.15, 0.2) is 48.5 Å². The van der Waals surface area contributed by atoms with Crippen molar-refractivity contribution in [2.45, 2.75) is 39.5 Å². The van der Waals surface area contributed by atoms with E-state index < -0.39 is 5.41 Å². The zero-order valence-electron chi connectivity index (χ0n) is 14.3.